The average molecular weight is 726 g/mol. The summed E-state index contributed by atoms with van der Waals surface area (Å²) in [6.45, 7) is 6.56. The van der Waals surface area contributed by atoms with Crippen LogP contribution in [0.4, 0.5) is 17.2 Å². The average Bonchev–Trinajstić information content (AvgIpc) is 3.75. The SMILES string of the molecule is C.C.Cc1c(Nc2nccc3cc(CN4CCCC[C@H]4OC=O)cnc23)cccc1-c1cccc2c1CCN2C(=O)c1nc2c(s1)CNCC2.S. The normalized spacial score (nSPS) is 16.6. The fraction of sp³-hybridized carbons (Fsp3) is 0.359. The summed E-state index contributed by atoms with van der Waals surface area (Å²) < 4.78 is 5.35. The van der Waals surface area contributed by atoms with Crippen LogP contribution in [0.1, 0.15) is 71.2 Å². The van der Waals surface area contributed by atoms with E-state index in [-0.39, 0.29) is 40.5 Å². The third kappa shape index (κ3) is 7.36. The summed E-state index contributed by atoms with van der Waals surface area (Å²) in [4.78, 5) is 44.2. The molecule has 0 spiro atoms. The Kier molecular flexibility index (Phi) is 12.1. The summed E-state index contributed by atoms with van der Waals surface area (Å²) in [6.07, 6.45) is 8.17. The maximum Gasteiger partial charge on any atom is 0.294 e. The van der Waals surface area contributed by atoms with Crippen molar-refractivity contribution in [2.75, 3.05) is 29.9 Å². The largest absolute Gasteiger partial charge is 0.449 e. The van der Waals surface area contributed by atoms with Crippen LogP contribution in [0.5, 0.6) is 0 Å². The number of benzene rings is 2. The van der Waals surface area contributed by atoms with E-state index in [2.05, 4.69) is 63.8 Å². The molecule has 3 aliphatic heterocycles. The van der Waals surface area contributed by atoms with Crippen LogP contribution in [0.3, 0.4) is 0 Å². The van der Waals surface area contributed by atoms with Gasteiger partial charge in [-0.3, -0.25) is 19.5 Å². The Balaban J connectivity index is 0.00000168. The molecule has 5 aromatic rings. The van der Waals surface area contributed by atoms with Crippen LogP contribution in [0.2, 0.25) is 0 Å². The summed E-state index contributed by atoms with van der Waals surface area (Å²) >= 11 is 1.52. The number of carbonyl (C=O) groups excluding carboxylic acids is 2. The molecule has 0 radical (unpaired) electrons. The minimum atomic E-state index is -0.188. The van der Waals surface area contributed by atoms with Gasteiger partial charge in [-0.05, 0) is 84.7 Å². The number of rotatable bonds is 8. The van der Waals surface area contributed by atoms with Gasteiger partial charge in [0.25, 0.3) is 12.4 Å². The number of nitrogens with zero attached hydrogens (tertiary/aromatic N) is 5. The Morgan fingerprint density at radius 3 is 2.76 bits per heavy atom. The maximum absolute atomic E-state index is 13.7. The van der Waals surface area contributed by atoms with Crippen molar-refractivity contribution in [1.82, 2.24) is 25.2 Å². The molecule has 1 saturated heterocycles. The van der Waals surface area contributed by atoms with E-state index in [1.165, 1.54) is 21.8 Å². The number of piperidine rings is 1. The van der Waals surface area contributed by atoms with Gasteiger partial charge >= 0.3 is 0 Å². The second-order valence-electron chi connectivity index (χ2n) is 12.7. The van der Waals surface area contributed by atoms with Crippen LogP contribution in [0.15, 0.2) is 60.9 Å². The van der Waals surface area contributed by atoms with E-state index in [1.54, 1.807) is 6.20 Å². The topological polar surface area (TPSA) is 113 Å². The molecule has 3 aromatic heterocycles. The van der Waals surface area contributed by atoms with E-state index < -0.39 is 0 Å². The number of pyridine rings is 2. The lowest BCUT2D eigenvalue weighted by Gasteiger charge is -2.33. The van der Waals surface area contributed by atoms with Crippen molar-refractivity contribution >= 4 is 65.3 Å². The Hall–Kier alpha value is -4.36. The van der Waals surface area contributed by atoms with Crippen molar-refractivity contribution in [2.45, 2.75) is 73.2 Å². The zero-order valence-corrected chi connectivity index (χ0v) is 29.2. The van der Waals surface area contributed by atoms with Crippen LogP contribution in [-0.2, 0) is 35.5 Å². The smallest absolute Gasteiger partial charge is 0.294 e. The van der Waals surface area contributed by atoms with Crippen molar-refractivity contribution in [3.05, 3.63) is 93.2 Å². The molecule has 1 fully saturated rings. The first kappa shape index (κ1) is 37.9. The summed E-state index contributed by atoms with van der Waals surface area (Å²) in [6, 6.07) is 16.6. The van der Waals surface area contributed by atoms with Crippen LogP contribution < -0.4 is 15.5 Å². The molecule has 6 heterocycles. The molecule has 0 saturated carbocycles. The molecule has 1 atom stereocenters. The van der Waals surface area contributed by atoms with Crippen molar-refractivity contribution in [2.24, 2.45) is 0 Å². The Morgan fingerprint density at radius 2 is 1.92 bits per heavy atom. The molecule has 2 aromatic carbocycles. The first-order valence-corrected chi connectivity index (χ1v) is 17.5. The molecule has 1 amide bonds. The van der Waals surface area contributed by atoms with Crippen LogP contribution >= 0.6 is 24.8 Å². The molecule has 0 bridgehead atoms. The number of hydrogen-bond acceptors (Lipinski definition) is 10. The molecule has 268 valence electrons. The molecule has 10 nitrogen and oxygen atoms in total. The quantitative estimate of drug-likeness (QED) is 0.157. The van der Waals surface area contributed by atoms with E-state index in [9.17, 15) is 9.59 Å². The van der Waals surface area contributed by atoms with Gasteiger partial charge in [0.2, 0.25) is 0 Å². The zero-order chi connectivity index (χ0) is 32.6. The number of likely N-dealkylation sites (tertiary alicyclic amines) is 1. The number of fused-ring (bicyclic) bond motifs is 3. The Bertz CT molecular complexity index is 2010. The van der Waals surface area contributed by atoms with Crippen molar-refractivity contribution in [1.29, 1.82) is 0 Å². The van der Waals surface area contributed by atoms with Gasteiger partial charge in [-0.15, -0.1) is 11.3 Å². The molecular formula is C39H47N7O3S2. The number of ether oxygens (including phenoxy) is 1. The highest BCUT2D eigenvalue weighted by Gasteiger charge is 2.31. The van der Waals surface area contributed by atoms with Gasteiger partial charge in [0.15, 0.2) is 17.1 Å². The fourth-order valence-corrected chi connectivity index (χ4v) is 8.32. The lowest BCUT2D eigenvalue weighted by Crippen LogP contribution is -2.40. The summed E-state index contributed by atoms with van der Waals surface area (Å²) in [5, 5.41) is 8.52. The highest BCUT2D eigenvalue weighted by atomic mass is 32.1. The van der Waals surface area contributed by atoms with Crippen molar-refractivity contribution in [3.8, 4) is 11.1 Å². The minimum absolute atomic E-state index is 0. The van der Waals surface area contributed by atoms with Gasteiger partial charge in [-0.1, -0.05) is 39.1 Å². The summed E-state index contributed by atoms with van der Waals surface area (Å²) in [7, 11) is 0. The maximum atomic E-state index is 13.7. The second kappa shape index (κ2) is 16.3. The number of aromatic nitrogens is 3. The lowest BCUT2D eigenvalue weighted by molar-refractivity contribution is -0.147. The number of amides is 1. The van der Waals surface area contributed by atoms with Crippen LogP contribution in [-0.4, -0.2) is 58.1 Å². The summed E-state index contributed by atoms with van der Waals surface area (Å²) in [5.41, 5.74) is 9.36. The molecule has 0 aliphatic carbocycles. The van der Waals surface area contributed by atoms with E-state index >= 15 is 0 Å². The molecule has 3 aliphatic rings. The molecule has 0 unspecified atom stereocenters. The third-order valence-corrected chi connectivity index (χ3v) is 10.8. The second-order valence-corrected chi connectivity index (χ2v) is 13.7. The molecule has 51 heavy (non-hydrogen) atoms. The number of carbonyl (C=O) groups is 2. The number of hydrogen-bond donors (Lipinski definition) is 2. The van der Waals surface area contributed by atoms with E-state index in [0.29, 0.717) is 30.4 Å². The first-order chi connectivity index (χ1) is 23.6. The highest BCUT2D eigenvalue weighted by molar-refractivity contribution is 7.59. The molecular weight excluding hydrogens is 679 g/mol. The zero-order valence-electron chi connectivity index (χ0n) is 27.4. The predicted octanol–water partition coefficient (Wildman–Crippen LogP) is 7.52. The number of anilines is 3. The monoisotopic (exact) mass is 725 g/mol. The van der Waals surface area contributed by atoms with E-state index in [4.69, 9.17) is 14.7 Å². The Morgan fingerprint density at radius 1 is 1.08 bits per heavy atom. The first-order valence-electron chi connectivity index (χ1n) is 16.6. The molecule has 12 heteroatoms. The number of thiazole rings is 1. The highest BCUT2D eigenvalue weighted by Crippen LogP contribution is 2.40. The van der Waals surface area contributed by atoms with Crippen LogP contribution in [0.25, 0.3) is 22.0 Å². The standard InChI is InChI=1S/C37H37N7O3S.2CH4.H2S/c1-23-26(27-7-5-9-31-28(27)13-17-44(31)37(46)36-42-30-12-14-38-20-32(30)48-36)6-4-8-29(23)41-35-34-25(11-15-39-35)18-24(19-40-34)21-43-16-3-2-10-33(43)47-22-45;;;/h4-9,11,15,18-19,22,33,38H,2-3,10,12-14,16-17,20-21H2,1H3,(H,39,41);2*1H4;1H2/t33-;;;/m1.../s1. The van der Waals surface area contributed by atoms with Gasteiger partial charge in [0, 0.05) is 73.2 Å². The van der Waals surface area contributed by atoms with E-state index in [1.807, 2.05) is 23.2 Å². The van der Waals surface area contributed by atoms with Crippen LogP contribution in [0, 0.1) is 6.92 Å². The molecule has 2 N–H and O–H groups in total. The lowest BCUT2D eigenvalue weighted by atomic mass is 9.93. The predicted molar refractivity (Wildman–Crippen MR) is 211 cm³/mol. The van der Waals surface area contributed by atoms with Crippen molar-refractivity contribution < 1.29 is 14.3 Å². The van der Waals surface area contributed by atoms with Gasteiger partial charge in [0.1, 0.15) is 5.52 Å². The summed E-state index contributed by atoms with van der Waals surface area (Å²) in [5.74, 6) is 0.677. The van der Waals surface area contributed by atoms with Gasteiger partial charge in [-0.25, -0.2) is 9.97 Å². The van der Waals surface area contributed by atoms with Gasteiger partial charge < -0.3 is 20.3 Å². The van der Waals surface area contributed by atoms with Gasteiger partial charge in [-0.2, -0.15) is 13.5 Å². The molecule has 8 rings (SSSR count). The number of nitrogens with one attached hydrogen (secondary N) is 2. The minimum Gasteiger partial charge on any atom is -0.449 e. The Labute approximate surface area is 311 Å². The van der Waals surface area contributed by atoms with Crippen molar-refractivity contribution in [3.63, 3.8) is 0 Å². The third-order valence-electron chi connectivity index (χ3n) is 9.74. The van der Waals surface area contributed by atoms with E-state index in [0.717, 1.165) is 102 Å². The fourth-order valence-electron chi connectivity index (χ4n) is 7.30. The van der Waals surface area contributed by atoms with Gasteiger partial charge in [0.05, 0.1) is 5.69 Å².